The number of carbonyl (C=O) groups excluding carboxylic acids is 1. The first-order valence-electron chi connectivity index (χ1n) is 5.57. The quantitative estimate of drug-likeness (QED) is 0.805. The number of nitrogens with one attached hydrogen (secondary N) is 1. The van der Waals surface area contributed by atoms with E-state index in [1.165, 1.54) is 6.92 Å². The Morgan fingerprint density at radius 3 is 3.12 bits per heavy atom. The number of carbonyl (C=O) groups is 1. The highest BCUT2D eigenvalue weighted by molar-refractivity contribution is 6.28. The molecule has 6 heteroatoms. The summed E-state index contributed by atoms with van der Waals surface area (Å²) in [6.07, 6.45) is 2.65. The summed E-state index contributed by atoms with van der Waals surface area (Å²) in [6.45, 7) is 5.14. The van der Waals surface area contributed by atoms with E-state index < -0.39 is 0 Å². The Bertz CT molecular complexity index is 437. The van der Waals surface area contributed by atoms with E-state index in [1.54, 1.807) is 6.20 Å². The van der Waals surface area contributed by atoms with Gasteiger partial charge in [-0.05, 0) is 24.9 Å². The lowest BCUT2D eigenvalue weighted by Gasteiger charge is -2.19. The van der Waals surface area contributed by atoms with Gasteiger partial charge in [-0.3, -0.25) is 4.79 Å². The Morgan fingerprint density at radius 2 is 2.41 bits per heavy atom. The maximum absolute atomic E-state index is 11.0. The SMILES string of the molecule is CC(=O)NC1CCN(c2nc(Cl)ncc2C)C1. The molecule has 92 valence electrons. The molecule has 1 unspecified atom stereocenters. The minimum atomic E-state index is 0.00860. The van der Waals surface area contributed by atoms with Crippen LogP contribution in [0.4, 0.5) is 5.82 Å². The topological polar surface area (TPSA) is 58.1 Å². The van der Waals surface area contributed by atoms with E-state index in [0.29, 0.717) is 0 Å². The second-order valence-electron chi connectivity index (χ2n) is 4.28. The molecule has 1 saturated heterocycles. The smallest absolute Gasteiger partial charge is 0.224 e. The average Bonchev–Trinajstić information content (AvgIpc) is 2.69. The van der Waals surface area contributed by atoms with Crippen molar-refractivity contribution in [2.24, 2.45) is 0 Å². The van der Waals surface area contributed by atoms with E-state index in [4.69, 9.17) is 11.6 Å². The lowest BCUT2D eigenvalue weighted by molar-refractivity contribution is -0.119. The van der Waals surface area contributed by atoms with E-state index in [1.807, 2.05) is 6.92 Å². The first-order chi connectivity index (χ1) is 8.06. The molecule has 1 atom stereocenters. The Hall–Kier alpha value is -1.36. The van der Waals surface area contributed by atoms with Crippen LogP contribution < -0.4 is 10.2 Å². The third-order valence-corrected chi connectivity index (χ3v) is 2.99. The maximum Gasteiger partial charge on any atom is 0.224 e. The zero-order valence-corrected chi connectivity index (χ0v) is 10.7. The number of nitrogens with zero attached hydrogens (tertiary/aromatic N) is 3. The first kappa shape index (κ1) is 12.1. The van der Waals surface area contributed by atoms with Crippen LogP contribution in [0.3, 0.4) is 0 Å². The predicted molar refractivity (Wildman–Crippen MR) is 66.2 cm³/mol. The molecule has 5 nitrogen and oxygen atoms in total. The van der Waals surface area contributed by atoms with Crippen molar-refractivity contribution in [3.8, 4) is 0 Å². The summed E-state index contributed by atoms with van der Waals surface area (Å²) in [5.74, 6) is 0.868. The molecule has 2 rings (SSSR count). The molecule has 1 N–H and O–H groups in total. The summed E-state index contributed by atoms with van der Waals surface area (Å²) in [7, 11) is 0. The molecule has 17 heavy (non-hydrogen) atoms. The van der Waals surface area contributed by atoms with Gasteiger partial charge in [0, 0.05) is 37.8 Å². The van der Waals surface area contributed by atoms with Gasteiger partial charge < -0.3 is 10.2 Å². The van der Waals surface area contributed by atoms with E-state index in [0.717, 1.165) is 30.9 Å². The summed E-state index contributed by atoms with van der Waals surface area (Å²) in [4.78, 5) is 21.3. The number of hydrogen-bond acceptors (Lipinski definition) is 4. The predicted octanol–water partition coefficient (Wildman–Crippen LogP) is 1.15. The van der Waals surface area contributed by atoms with Crippen molar-refractivity contribution in [2.75, 3.05) is 18.0 Å². The highest BCUT2D eigenvalue weighted by Crippen LogP contribution is 2.22. The molecule has 0 aliphatic carbocycles. The third-order valence-electron chi connectivity index (χ3n) is 2.81. The van der Waals surface area contributed by atoms with Gasteiger partial charge >= 0.3 is 0 Å². The van der Waals surface area contributed by atoms with Crippen molar-refractivity contribution in [3.63, 3.8) is 0 Å². The molecule has 1 amide bonds. The number of rotatable bonds is 2. The van der Waals surface area contributed by atoms with Gasteiger partial charge in [-0.15, -0.1) is 0 Å². The molecule has 0 aromatic carbocycles. The fraction of sp³-hybridized carbons (Fsp3) is 0.545. The molecule has 0 radical (unpaired) electrons. The van der Waals surface area contributed by atoms with Crippen LogP contribution in [0.25, 0.3) is 0 Å². The molecule has 1 fully saturated rings. The highest BCUT2D eigenvalue weighted by Gasteiger charge is 2.25. The summed E-state index contributed by atoms with van der Waals surface area (Å²) in [5.41, 5.74) is 0.998. The summed E-state index contributed by atoms with van der Waals surface area (Å²) < 4.78 is 0. The van der Waals surface area contributed by atoms with Crippen LogP contribution >= 0.6 is 11.6 Å². The van der Waals surface area contributed by atoms with Gasteiger partial charge in [-0.1, -0.05) is 0 Å². The van der Waals surface area contributed by atoms with Crippen molar-refractivity contribution in [1.29, 1.82) is 0 Å². The highest BCUT2D eigenvalue weighted by atomic mass is 35.5. The molecule has 1 aliphatic rings. The van der Waals surface area contributed by atoms with Crippen molar-refractivity contribution in [2.45, 2.75) is 26.3 Å². The van der Waals surface area contributed by atoms with Gasteiger partial charge in [-0.2, -0.15) is 0 Å². The molecular formula is C11H15ClN4O. The van der Waals surface area contributed by atoms with E-state index in [2.05, 4.69) is 20.2 Å². The third kappa shape index (κ3) is 2.85. The number of anilines is 1. The lowest BCUT2D eigenvalue weighted by Crippen LogP contribution is -2.35. The first-order valence-corrected chi connectivity index (χ1v) is 5.95. The van der Waals surface area contributed by atoms with Crippen LogP contribution in [-0.2, 0) is 4.79 Å². The van der Waals surface area contributed by atoms with Crippen LogP contribution in [0, 0.1) is 6.92 Å². The lowest BCUT2D eigenvalue weighted by atomic mass is 10.2. The van der Waals surface area contributed by atoms with Gasteiger partial charge in [-0.25, -0.2) is 9.97 Å². The Labute approximate surface area is 105 Å². The normalized spacial score (nSPS) is 19.5. The number of aromatic nitrogens is 2. The molecule has 1 aliphatic heterocycles. The standard InChI is InChI=1S/C11H15ClN4O/c1-7-5-13-11(12)15-10(7)16-4-3-9(6-16)14-8(2)17/h5,9H,3-4,6H2,1-2H3,(H,14,17). The zero-order chi connectivity index (χ0) is 12.4. The molecule has 2 heterocycles. The van der Waals surface area contributed by atoms with Crippen LogP contribution in [0.5, 0.6) is 0 Å². The minimum absolute atomic E-state index is 0.00860. The molecule has 0 bridgehead atoms. The number of aryl methyl sites for hydroxylation is 1. The summed E-state index contributed by atoms with van der Waals surface area (Å²) >= 11 is 5.80. The molecule has 0 saturated carbocycles. The van der Waals surface area contributed by atoms with Crippen molar-refractivity contribution in [3.05, 3.63) is 17.0 Å². The Kier molecular flexibility index (Phi) is 3.47. The minimum Gasteiger partial charge on any atom is -0.354 e. The van der Waals surface area contributed by atoms with Crippen molar-refractivity contribution >= 4 is 23.3 Å². The fourth-order valence-corrected chi connectivity index (χ4v) is 2.22. The molecule has 0 spiro atoms. The van der Waals surface area contributed by atoms with Gasteiger partial charge in [0.25, 0.3) is 0 Å². The second-order valence-corrected chi connectivity index (χ2v) is 4.62. The van der Waals surface area contributed by atoms with Crippen LogP contribution in [0.15, 0.2) is 6.20 Å². The molecular weight excluding hydrogens is 240 g/mol. The molecule has 1 aromatic rings. The molecule has 1 aromatic heterocycles. The Balaban J connectivity index is 2.09. The van der Waals surface area contributed by atoms with Gasteiger partial charge in [0.2, 0.25) is 11.2 Å². The van der Waals surface area contributed by atoms with Gasteiger partial charge in [0.1, 0.15) is 5.82 Å². The maximum atomic E-state index is 11.0. The number of hydrogen-bond donors (Lipinski definition) is 1. The van der Waals surface area contributed by atoms with Gasteiger partial charge in [0.15, 0.2) is 0 Å². The summed E-state index contributed by atoms with van der Waals surface area (Å²) in [5, 5.41) is 3.18. The van der Waals surface area contributed by atoms with Crippen LogP contribution in [0.2, 0.25) is 5.28 Å². The average molecular weight is 255 g/mol. The van der Waals surface area contributed by atoms with Crippen molar-refractivity contribution in [1.82, 2.24) is 15.3 Å². The monoisotopic (exact) mass is 254 g/mol. The zero-order valence-electron chi connectivity index (χ0n) is 9.90. The number of halogens is 1. The van der Waals surface area contributed by atoms with Crippen LogP contribution in [-0.4, -0.2) is 35.0 Å². The second kappa shape index (κ2) is 4.87. The fourth-order valence-electron chi connectivity index (χ4n) is 2.09. The van der Waals surface area contributed by atoms with Gasteiger partial charge in [0.05, 0.1) is 0 Å². The summed E-state index contributed by atoms with van der Waals surface area (Å²) in [6, 6.07) is 0.195. The van der Waals surface area contributed by atoms with E-state index in [9.17, 15) is 4.79 Å². The Morgan fingerprint density at radius 1 is 1.65 bits per heavy atom. The van der Waals surface area contributed by atoms with Crippen molar-refractivity contribution < 1.29 is 4.79 Å². The van der Waals surface area contributed by atoms with E-state index in [-0.39, 0.29) is 17.2 Å². The van der Waals surface area contributed by atoms with Crippen LogP contribution in [0.1, 0.15) is 18.9 Å². The number of amides is 1. The van der Waals surface area contributed by atoms with E-state index >= 15 is 0 Å². The largest absolute Gasteiger partial charge is 0.354 e.